The Morgan fingerprint density at radius 2 is 2.00 bits per heavy atom. The lowest BCUT2D eigenvalue weighted by molar-refractivity contribution is 1.23. The fraction of sp³-hybridized carbons (Fsp3) is 0.182. The molecule has 0 atom stereocenters. The van der Waals surface area contributed by atoms with E-state index in [1.165, 1.54) is 10.4 Å². The second-order valence-corrected chi connectivity index (χ2v) is 4.67. The SMILES string of the molecule is Cc1nc(-c2ccccc2)sc1CBr. The monoisotopic (exact) mass is 267 g/mol. The van der Waals surface area contributed by atoms with Crippen LogP contribution in [-0.4, -0.2) is 4.98 Å². The fourth-order valence-corrected chi connectivity index (χ4v) is 2.92. The molecule has 1 aromatic carbocycles. The molecule has 0 aliphatic carbocycles. The van der Waals surface area contributed by atoms with Gasteiger partial charge in [0.15, 0.2) is 0 Å². The summed E-state index contributed by atoms with van der Waals surface area (Å²) in [6, 6.07) is 10.3. The zero-order valence-corrected chi connectivity index (χ0v) is 10.2. The van der Waals surface area contributed by atoms with Crippen LogP contribution in [0.4, 0.5) is 0 Å². The van der Waals surface area contributed by atoms with Gasteiger partial charge in [-0.15, -0.1) is 11.3 Å². The lowest BCUT2D eigenvalue weighted by Gasteiger charge is -1.92. The summed E-state index contributed by atoms with van der Waals surface area (Å²) in [7, 11) is 0. The molecule has 3 heteroatoms. The molecule has 0 bridgehead atoms. The molecule has 72 valence electrons. The standard InChI is InChI=1S/C11H10BrNS/c1-8-10(7-12)14-11(13-8)9-5-3-2-4-6-9/h2-6H,7H2,1H3. The molecule has 14 heavy (non-hydrogen) atoms. The van der Waals surface area contributed by atoms with Crippen molar-refractivity contribution >= 4 is 27.3 Å². The van der Waals surface area contributed by atoms with Gasteiger partial charge >= 0.3 is 0 Å². The van der Waals surface area contributed by atoms with Gasteiger partial charge in [-0.25, -0.2) is 4.98 Å². The van der Waals surface area contributed by atoms with Crippen LogP contribution < -0.4 is 0 Å². The molecule has 0 N–H and O–H groups in total. The molecule has 0 saturated heterocycles. The number of halogens is 1. The predicted molar refractivity (Wildman–Crippen MR) is 64.9 cm³/mol. The Morgan fingerprint density at radius 3 is 2.57 bits per heavy atom. The summed E-state index contributed by atoms with van der Waals surface area (Å²) < 4.78 is 0. The molecule has 0 spiro atoms. The van der Waals surface area contributed by atoms with Crippen molar-refractivity contribution in [1.82, 2.24) is 4.98 Å². The van der Waals surface area contributed by atoms with Crippen molar-refractivity contribution in [3.8, 4) is 10.6 Å². The van der Waals surface area contributed by atoms with Gasteiger partial charge in [0.1, 0.15) is 5.01 Å². The summed E-state index contributed by atoms with van der Waals surface area (Å²) in [4.78, 5) is 5.85. The third-order valence-corrected chi connectivity index (χ3v) is 4.17. The van der Waals surface area contributed by atoms with Gasteiger partial charge in [0, 0.05) is 15.8 Å². The van der Waals surface area contributed by atoms with E-state index >= 15 is 0 Å². The Morgan fingerprint density at radius 1 is 1.29 bits per heavy atom. The maximum absolute atomic E-state index is 4.54. The molecule has 1 aromatic heterocycles. The van der Waals surface area contributed by atoms with Gasteiger partial charge in [-0.1, -0.05) is 46.3 Å². The van der Waals surface area contributed by atoms with Crippen molar-refractivity contribution in [2.75, 3.05) is 0 Å². The highest BCUT2D eigenvalue weighted by Crippen LogP contribution is 2.28. The Balaban J connectivity index is 2.43. The molecule has 0 saturated carbocycles. The first-order valence-electron chi connectivity index (χ1n) is 4.39. The largest absolute Gasteiger partial charge is 0.241 e. The van der Waals surface area contributed by atoms with Gasteiger partial charge in [0.05, 0.1) is 5.69 Å². The molecular formula is C11H10BrNS. The number of hydrogen-bond acceptors (Lipinski definition) is 2. The highest BCUT2D eigenvalue weighted by molar-refractivity contribution is 9.08. The number of thiazole rings is 1. The van der Waals surface area contributed by atoms with Crippen molar-refractivity contribution in [3.63, 3.8) is 0 Å². The van der Waals surface area contributed by atoms with Gasteiger partial charge in [0.2, 0.25) is 0 Å². The molecular weight excluding hydrogens is 258 g/mol. The Kier molecular flexibility index (Phi) is 2.99. The van der Waals surface area contributed by atoms with E-state index in [1.54, 1.807) is 11.3 Å². The molecule has 0 radical (unpaired) electrons. The van der Waals surface area contributed by atoms with Gasteiger partial charge in [-0.05, 0) is 6.92 Å². The first-order valence-corrected chi connectivity index (χ1v) is 6.32. The summed E-state index contributed by atoms with van der Waals surface area (Å²) in [6.45, 7) is 2.06. The predicted octanol–water partition coefficient (Wildman–Crippen LogP) is 4.01. The number of aryl methyl sites for hydroxylation is 1. The van der Waals surface area contributed by atoms with Crippen LogP contribution in [0.3, 0.4) is 0 Å². The highest BCUT2D eigenvalue weighted by Gasteiger charge is 2.07. The third kappa shape index (κ3) is 1.88. The third-order valence-electron chi connectivity index (χ3n) is 2.03. The van der Waals surface area contributed by atoms with E-state index in [0.717, 1.165) is 16.0 Å². The van der Waals surface area contributed by atoms with Gasteiger partial charge in [0.25, 0.3) is 0 Å². The molecule has 0 amide bonds. The van der Waals surface area contributed by atoms with Crippen LogP contribution in [0.5, 0.6) is 0 Å². The number of benzene rings is 1. The number of hydrogen-bond donors (Lipinski definition) is 0. The molecule has 2 rings (SSSR count). The van der Waals surface area contributed by atoms with Gasteiger partial charge < -0.3 is 0 Å². The van der Waals surface area contributed by atoms with Gasteiger partial charge in [-0.2, -0.15) is 0 Å². The normalized spacial score (nSPS) is 10.4. The average Bonchev–Trinajstić information content (AvgIpc) is 2.61. The lowest BCUT2D eigenvalue weighted by atomic mass is 10.2. The summed E-state index contributed by atoms with van der Waals surface area (Å²) in [6.07, 6.45) is 0. The molecule has 2 aromatic rings. The molecule has 0 aliphatic rings. The van der Waals surface area contributed by atoms with E-state index in [-0.39, 0.29) is 0 Å². The highest BCUT2D eigenvalue weighted by atomic mass is 79.9. The Hall–Kier alpha value is -0.670. The smallest absolute Gasteiger partial charge is 0.123 e. The van der Waals surface area contributed by atoms with Crippen LogP contribution >= 0.6 is 27.3 Å². The lowest BCUT2D eigenvalue weighted by Crippen LogP contribution is -1.77. The van der Waals surface area contributed by atoms with E-state index in [9.17, 15) is 0 Å². The molecule has 0 unspecified atom stereocenters. The topological polar surface area (TPSA) is 12.9 Å². The minimum Gasteiger partial charge on any atom is -0.241 e. The van der Waals surface area contributed by atoms with Crippen LogP contribution in [0.25, 0.3) is 10.6 Å². The van der Waals surface area contributed by atoms with Crippen molar-refractivity contribution in [3.05, 3.63) is 40.9 Å². The van der Waals surface area contributed by atoms with Crippen molar-refractivity contribution in [2.45, 2.75) is 12.3 Å². The van der Waals surface area contributed by atoms with Crippen molar-refractivity contribution in [1.29, 1.82) is 0 Å². The number of nitrogens with zero attached hydrogens (tertiary/aromatic N) is 1. The first-order chi connectivity index (χ1) is 6.81. The Bertz CT molecular complexity index is 422. The summed E-state index contributed by atoms with van der Waals surface area (Å²) in [5.74, 6) is 0. The van der Waals surface area contributed by atoms with E-state index in [1.807, 2.05) is 18.2 Å². The van der Waals surface area contributed by atoms with Crippen molar-refractivity contribution in [2.24, 2.45) is 0 Å². The maximum atomic E-state index is 4.54. The molecule has 0 fully saturated rings. The van der Waals surface area contributed by atoms with Crippen LogP contribution in [0.2, 0.25) is 0 Å². The van der Waals surface area contributed by atoms with E-state index < -0.39 is 0 Å². The van der Waals surface area contributed by atoms with E-state index in [4.69, 9.17) is 0 Å². The maximum Gasteiger partial charge on any atom is 0.123 e. The summed E-state index contributed by atoms with van der Waals surface area (Å²) in [5.41, 5.74) is 2.33. The van der Waals surface area contributed by atoms with Gasteiger partial charge in [-0.3, -0.25) is 0 Å². The van der Waals surface area contributed by atoms with Crippen LogP contribution in [0, 0.1) is 6.92 Å². The van der Waals surface area contributed by atoms with E-state index in [0.29, 0.717) is 0 Å². The second-order valence-electron chi connectivity index (χ2n) is 3.03. The quantitative estimate of drug-likeness (QED) is 0.750. The molecule has 1 heterocycles. The molecule has 0 aliphatic heterocycles. The zero-order chi connectivity index (χ0) is 9.97. The number of rotatable bonds is 2. The number of aromatic nitrogens is 1. The van der Waals surface area contributed by atoms with Crippen molar-refractivity contribution < 1.29 is 0 Å². The van der Waals surface area contributed by atoms with Crippen LogP contribution in [0.1, 0.15) is 10.6 Å². The molecule has 1 nitrogen and oxygen atoms in total. The minimum absolute atomic E-state index is 0.892. The Labute approximate surface area is 95.9 Å². The zero-order valence-electron chi connectivity index (χ0n) is 7.83. The minimum atomic E-state index is 0.892. The summed E-state index contributed by atoms with van der Waals surface area (Å²) >= 11 is 5.22. The fourth-order valence-electron chi connectivity index (χ4n) is 1.26. The first kappa shape index (κ1) is 9.87. The van der Waals surface area contributed by atoms with Crippen LogP contribution in [-0.2, 0) is 5.33 Å². The average molecular weight is 268 g/mol. The van der Waals surface area contributed by atoms with Crippen LogP contribution in [0.15, 0.2) is 30.3 Å². The number of alkyl halides is 1. The second kappa shape index (κ2) is 4.24. The van der Waals surface area contributed by atoms with E-state index in [2.05, 4.69) is 40.0 Å². The summed E-state index contributed by atoms with van der Waals surface area (Å²) in [5, 5.41) is 2.00.